The SMILES string of the molecule is CCC(C)C(NC(=O)C(CC(N)=O)NC(=O)C(Cc1ccc(O)cc1)NC(=O)C(N)CC(C)C)C(=O)O. The van der Waals surface area contributed by atoms with Gasteiger partial charge in [0.25, 0.3) is 0 Å². The summed E-state index contributed by atoms with van der Waals surface area (Å²) in [5.74, 6) is -4.71. The Morgan fingerprint density at radius 3 is 1.92 bits per heavy atom. The molecule has 4 amide bonds. The van der Waals surface area contributed by atoms with Crippen molar-refractivity contribution in [2.24, 2.45) is 23.3 Å². The van der Waals surface area contributed by atoms with Crippen molar-refractivity contribution in [3.63, 3.8) is 0 Å². The van der Waals surface area contributed by atoms with E-state index in [1.165, 1.54) is 12.1 Å². The minimum Gasteiger partial charge on any atom is -0.508 e. The van der Waals surface area contributed by atoms with Gasteiger partial charge in [0.1, 0.15) is 23.9 Å². The van der Waals surface area contributed by atoms with Gasteiger partial charge in [0.2, 0.25) is 23.6 Å². The third-order valence-electron chi connectivity index (χ3n) is 5.89. The topological polar surface area (TPSA) is 214 Å². The summed E-state index contributed by atoms with van der Waals surface area (Å²) in [6.45, 7) is 7.19. The molecule has 1 aromatic rings. The molecule has 0 bridgehead atoms. The van der Waals surface area contributed by atoms with Crippen molar-refractivity contribution < 1.29 is 34.2 Å². The first kappa shape index (κ1) is 31.4. The highest BCUT2D eigenvalue weighted by molar-refractivity contribution is 5.96. The van der Waals surface area contributed by atoms with Crippen LogP contribution < -0.4 is 27.4 Å². The van der Waals surface area contributed by atoms with E-state index < -0.39 is 66.1 Å². The van der Waals surface area contributed by atoms with E-state index in [2.05, 4.69) is 16.0 Å². The Morgan fingerprint density at radius 2 is 1.43 bits per heavy atom. The second-order valence-corrected chi connectivity index (χ2v) is 9.61. The maximum Gasteiger partial charge on any atom is 0.326 e. The lowest BCUT2D eigenvalue weighted by atomic mass is 9.98. The van der Waals surface area contributed by atoms with Gasteiger partial charge in [-0.25, -0.2) is 4.79 Å². The third kappa shape index (κ3) is 10.9. The number of nitrogens with two attached hydrogens (primary N) is 2. The molecule has 0 aliphatic rings. The van der Waals surface area contributed by atoms with Crippen molar-refractivity contribution >= 4 is 29.6 Å². The molecule has 0 heterocycles. The molecule has 9 N–H and O–H groups in total. The molecule has 5 unspecified atom stereocenters. The average Bonchev–Trinajstić information content (AvgIpc) is 2.81. The van der Waals surface area contributed by atoms with Gasteiger partial charge < -0.3 is 37.6 Å². The molecule has 12 nitrogen and oxygen atoms in total. The Kier molecular flexibility index (Phi) is 12.5. The van der Waals surface area contributed by atoms with Crippen LogP contribution in [0.4, 0.5) is 0 Å². The van der Waals surface area contributed by atoms with Crippen LogP contribution in [0.5, 0.6) is 5.75 Å². The molecule has 0 saturated carbocycles. The number of benzene rings is 1. The van der Waals surface area contributed by atoms with Crippen LogP contribution in [0.15, 0.2) is 24.3 Å². The predicted molar refractivity (Wildman–Crippen MR) is 136 cm³/mol. The molecule has 1 rings (SSSR count). The number of nitrogens with one attached hydrogen (secondary N) is 3. The molecule has 0 aliphatic heterocycles. The largest absolute Gasteiger partial charge is 0.508 e. The smallest absolute Gasteiger partial charge is 0.326 e. The van der Waals surface area contributed by atoms with Crippen molar-refractivity contribution in [1.29, 1.82) is 0 Å². The zero-order chi connectivity index (χ0) is 28.3. The van der Waals surface area contributed by atoms with Crippen LogP contribution in [0.1, 0.15) is 52.5 Å². The number of hydrogen-bond donors (Lipinski definition) is 7. The van der Waals surface area contributed by atoms with Gasteiger partial charge in [0, 0.05) is 6.42 Å². The van der Waals surface area contributed by atoms with Crippen LogP contribution in [-0.2, 0) is 30.4 Å². The minimum absolute atomic E-state index is 0.0121. The summed E-state index contributed by atoms with van der Waals surface area (Å²) in [5.41, 5.74) is 11.8. The van der Waals surface area contributed by atoms with Crippen molar-refractivity contribution in [3.8, 4) is 5.75 Å². The van der Waals surface area contributed by atoms with Crippen LogP contribution in [0.3, 0.4) is 0 Å². The summed E-state index contributed by atoms with van der Waals surface area (Å²) in [4.78, 5) is 62.1. The highest BCUT2D eigenvalue weighted by Crippen LogP contribution is 2.13. The molecule has 1 aromatic carbocycles. The van der Waals surface area contributed by atoms with Gasteiger partial charge in [-0.2, -0.15) is 0 Å². The Balaban J connectivity index is 3.17. The van der Waals surface area contributed by atoms with E-state index in [1.54, 1.807) is 26.0 Å². The minimum atomic E-state index is -1.47. The maximum atomic E-state index is 13.2. The van der Waals surface area contributed by atoms with Crippen LogP contribution in [0.25, 0.3) is 0 Å². The predicted octanol–water partition coefficient (Wildman–Crippen LogP) is -0.231. The number of carboxylic acid groups (broad SMARTS) is 1. The van der Waals surface area contributed by atoms with Crippen molar-refractivity contribution in [1.82, 2.24) is 16.0 Å². The Labute approximate surface area is 216 Å². The van der Waals surface area contributed by atoms with Crippen molar-refractivity contribution in [2.45, 2.75) is 77.5 Å². The lowest BCUT2D eigenvalue weighted by Gasteiger charge is -2.26. The van der Waals surface area contributed by atoms with E-state index in [9.17, 15) is 34.2 Å². The number of phenols is 1. The second-order valence-electron chi connectivity index (χ2n) is 9.61. The quantitative estimate of drug-likeness (QED) is 0.163. The number of aliphatic carboxylic acids is 1. The van der Waals surface area contributed by atoms with E-state index in [0.717, 1.165) is 0 Å². The zero-order valence-corrected chi connectivity index (χ0v) is 21.7. The molecular formula is C25H39N5O7. The molecule has 37 heavy (non-hydrogen) atoms. The highest BCUT2D eigenvalue weighted by atomic mass is 16.4. The number of carboxylic acids is 1. The average molecular weight is 522 g/mol. The molecule has 206 valence electrons. The summed E-state index contributed by atoms with van der Waals surface area (Å²) in [6, 6.07) is 1.17. The highest BCUT2D eigenvalue weighted by Gasteiger charge is 2.33. The molecule has 5 atom stereocenters. The fraction of sp³-hybridized carbons (Fsp3) is 0.560. The summed E-state index contributed by atoms with van der Waals surface area (Å²) in [5, 5.41) is 26.4. The number of hydrogen-bond acceptors (Lipinski definition) is 7. The van der Waals surface area contributed by atoms with Crippen LogP contribution in [-0.4, -0.2) is 64.0 Å². The number of amides is 4. The van der Waals surface area contributed by atoms with E-state index in [4.69, 9.17) is 11.5 Å². The van der Waals surface area contributed by atoms with E-state index in [0.29, 0.717) is 18.4 Å². The van der Waals surface area contributed by atoms with Gasteiger partial charge in [-0.3, -0.25) is 19.2 Å². The Bertz CT molecular complexity index is 951. The second kappa shape index (κ2) is 14.8. The first-order valence-electron chi connectivity index (χ1n) is 12.2. The fourth-order valence-electron chi connectivity index (χ4n) is 3.59. The van der Waals surface area contributed by atoms with Gasteiger partial charge >= 0.3 is 5.97 Å². The van der Waals surface area contributed by atoms with Gasteiger partial charge in [-0.15, -0.1) is 0 Å². The number of phenolic OH excluding ortho intramolecular Hbond substituents is 1. The standard InChI is InChI=1S/C25H39N5O7/c1-5-14(4)21(25(36)37)30-24(35)19(12-20(27)32)29-23(34)18(11-15-6-8-16(31)9-7-15)28-22(33)17(26)10-13(2)3/h6-9,13-14,17-19,21,31H,5,10-12,26H2,1-4H3,(H2,27,32)(H,28,33)(H,29,34)(H,30,35)(H,36,37). The Morgan fingerprint density at radius 1 is 0.892 bits per heavy atom. The van der Waals surface area contributed by atoms with Gasteiger partial charge in [-0.05, 0) is 36.0 Å². The molecule has 0 fully saturated rings. The van der Waals surface area contributed by atoms with Crippen LogP contribution in [0, 0.1) is 11.8 Å². The molecule has 0 saturated heterocycles. The number of rotatable bonds is 15. The zero-order valence-electron chi connectivity index (χ0n) is 21.7. The normalized spacial score (nSPS) is 15.1. The third-order valence-corrected chi connectivity index (χ3v) is 5.89. The van der Waals surface area contributed by atoms with E-state index in [1.807, 2.05) is 13.8 Å². The van der Waals surface area contributed by atoms with Crippen molar-refractivity contribution in [2.75, 3.05) is 0 Å². The number of carbonyl (C=O) groups excluding carboxylic acids is 4. The maximum absolute atomic E-state index is 13.2. The first-order chi connectivity index (χ1) is 17.2. The summed E-state index contributed by atoms with van der Waals surface area (Å²) in [6.07, 6.45) is 0.235. The molecule has 12 heteroatoms. The van der Waals surface area contributed by atoms with Crippen LogP contribution >= 0.6 is 0 Å². The molecular weight excluding hydrogens is 482 g/mol. The molecule has 0 aromatic heterocycles. The van der Waals surface area contributed by atoms with Gasteiger partial charge in [0.15, 0.2) is 0 Å². The number of aromatic hydroxyl groups is 1. The lowest BCUT2D eigenvalue weighted by Crippen LogP contribution is -2.58. The van der Waals surface area contributed by atoms with Crippen LogP contribution in [0.2, 0.25) is 0 Å². The Hall–Kier alpha value is -3.67. The van der Waals surface area contributed by atoms with Gasteiger partial charge in [0.05, 0.1) is 12.5 Å². The first-order valence-corrected chi connectivity index (χ1v) is 12.2. The van der Waals surface area contributed by atoms with Gasteiger partial charge in [-0.1, -0.05) is 46.2 Å². The monoisotopic (exact) mass is 521 g/mol. The summed E-state index contributed by atoms with van der Waals surface area (Å²) >= 11 is 0. The molecule has 0 aliphatic carbocycles. The summed E-state index contributed by atoms with van der Waals surface area (Å²) in [7, 11) is 0. The van der Waals surface area contributed by atoms with E-state index in [-0.39, 0.29) is 18.1 Å². The molecule has 0 radical (unpaired) electrons. The number of primary amides is 1. The fourth-order valence-corrected chi connectivity index (χ4v) is 3.59. The lowest BCUT2D eigenvalue weighted by molar-refractivity contribution is -0.144. The number of carbonyl (C=O) groups is 5. The van der Waals surface area contributed by atoms with E-state index >= 15 is 0 Å². The summed E-state index contributed by atoms with van der Waals surface area (Å²) < 4.78 is 0. The molecule has 0 spiro atoms. The van der Waals surface area contributed by atoms with Crippen molar-refractivity contribution in [3.05, 3.63) is 29.8 Å².